The highest BCUT2D eigenvalue weighted by molar-refractivity contribution is 5.76. The summed E-state index contributed by atoms with van der Waals surface area (Å²) in [7, 11) is 0. The number of hydrogen-bond acceptors (Lipinski definition) is 3. The molecule has 1 saturated carbocycles. The Morgan fingerprint density at radius 2 is 2.18 bits per heavy atom. The molecule has 3 nitrogen and oxygen atoms in total. The molecule has 2 aliphatic rings. The molecule has 1 heterocycles. The third-order valence-electron chi connectivity index (χ3n) is 2.15. The second-order valence-electron chi connectivity index (χ2n) is 3.29. The SMILES string of the molecule is O=C(OC1CC1)[C@@H]1CCCN1. The number of carbonyl (C=O) groups excluding carboxylic acids is 1. The van der Waals surface area contributed by atoms with Crippen LogP contribution in [0.15, 0.2) is 0 Å². The first-order valence-electron chi connectivity index (χ1n) is 4.30. The Hall–Kier alpha value is -0.570. The zero-order valence-corrected chi connectivity index (χ0v) is 6.51. The molecule has 0 aromatic heterocycles. The van der Waals surface area contributed by atoms with E-state index in [1.165, 1.54) is 0 Å². The predicted octanol–water partition coefficient (Wildman–Crippen LogP) is 0.444. The normalized spacial score (nSPS) is 30.4. The van der Waals surface area contributed by atoms with Crippen LogP contribution in [0.25, 0.3) is 0 Å². The first-order chi connectivity index (χ1) is 5.36. The maximum Gasteiger partial charge on any atom is 0.323 e. The van der Waals surface area contributed by atoms with E-state index in [9.17, 15) is 4.79 Å². The van der Waals surface area contributed by atoms with Gasteiger partial charge in [-0.05, 0) is 32.2 Å². The van der Waals surface area contributed by atoms with E-state index in [1.54, 1.807) is 0 Å². The lowest BCUT2D eigenvalue weighted by Crippen LogP contribution is -2.32. The van der Waals surface area contributed by atoms with E-state index in [-0.39, 0.29) is 18.1 Å². The van der Waals surface area contributed by atoms with Crippen LogP contribution in [-0.4, -0.2) is 24.7 Å². The minimum Gasteiger partial charge on any atom is -0.461 e. The minimum absolute atomic E-state index is 0.00407. The van der Waals surface area contributed by atoms with Crippen LogP contribution < -0.4 is 5.32 Å². The summed E-state index contributed by atoms with van der Waals surface area (Å²) in [5, 5.41) is 3.11. The number of nitrogens with one attached hydrogen (secondary N) is 1. The van der Waals surface area contributed by atoms with Crippen LogP contribution in [0.4, 0.5) is 0 Å². The second kappa shape index (κ2) is 2.81. The Morgan fingerprint density at radius 1 is 1.36 bits per heavy atom. The summed E-state index contributed by atoms with van der Waals surface area (Å²) in [5.41, 5.74) is 0. The molecule has 0 aromatic carbocycles. The third kappa shape index (κ3) is 1.71. The highest BCUT2D eigenvalue weighted by atomic mass is 16.5. The first kappa shape index (κ1) is 7.10. The number of carbonyl (C=O) groups is 1. The number of ether oxygens (including phenoxy) is 1. The van der Waals surface area contributed by atoms with Crippen molar-refractivity contribution in [3.05, 3.63) is 0 Å². The van der Waals surface area contributed by atoms with Gasteiger partial charge in [-0.2, -0.15) is 0 Å². The van der Waals surface area contributed by atoms with Crippen molar-refractivity contribution in [3.8, 4) is 0 Å². The summed E-state index contributed by atoms with van der Waals surface area (Å²) >= 11 is 0. The molecule has 0 bridgehead atoms. The summed E-state index contributed by atoms with van der Waals surface area (Å²) in [4.78, 5) is 11.2. The number of hydrogen-bond donors (Lipinski definition) is 1. The van der Waals surface area contributed by atoms with Crippen molar-refractivity contribution >= 4 is 5.97 Å². The van der Waals surface area contributed by atoms with E-state index in [1.807, 2.05) is 0 Å². The molecule has 1 saturated heterocycles. The van der Waals surface area contributed by atoms with Gasteiger partial charge in [0.1, 0.15) is 12.1 Å². The zero-order valence-electron chi connectivity index (χ0n) is 6.51. The molecule has 1 atom stereocenters. The van der Waals surface area contributed by atoms with E-state index in [0.29, 0.717) is 0 Å². The van der Waals surface area contributed by atoms with E-state index in [2.05, 4.69) is 5.32 Å². The van der Waals surface area contributed by atoms with Crippen molar-refractivity contribution in [3.63, 3.8) is 0 Å². The quantitative estimate of drug-likeness (QED) is 0.588. The van der Waals surface area contributed by atoms with E-state index >= 15 is 0 Å². The molecule has 1 aliphatic carbocycles. The molecule has 3 heteroatoms. The molecule has 1 aliphatic heterocycles. The van der Waals surface area contributed by atoms with Gasteiger partial charge in [-0.3, -0.25) is 4.79 Å². The van der Waals surface area contributed by atoms with Gasteiger partial charge in [-0.15, -0.1) is 0 Å². The van der Waals surface area contributed by atoms with Crippen LogP contribution in [0, 0.1) is 0 Å². The Bertz CT molecular complexity index is 159. The van der Waals surface area contributed by atoms with Crippen LogP contribution in [-0.2, 0) is 9.53 Å². The molecular weight excluding hydrogens is 142 g/mol. The van der Waals surface area contributed by atoms with Gasteiger partial charge in [0, 0.05) is 0 Å². The summed E-state index contributed by atoms with van der Waals surface area (Å²) in [5.74, 6) is -0.0370. The van der Waals surface area contributed by atoms with Gasteiger partial charge in [0.25, 0.3) is 0 Å². The number of rotatable bonds is 2. The average molecular weight is 155 g/mol. The van der Waals surface area contributed by atoms with Gasteiger partial charge < -0.3 is 10.1 Å². The van der Waals surface area contributed by atoms with Crippen molar-refractivity contribution in [2.24, 2.45) is 0 Å². The molecular formula is C8H13NO2. The average Bonchev–Trinajstić information content (AvgIpc) is 2.67. The summed E-state index contributed by atoms with van der Waals surface area (Å²) < 4.78 is 5.14. The van der Waals surface area contributed by atoms with Crippen LogP contribution in [0.5, 0.6) is 0 Å². The monoisotopic (exact) mass is 155 g/mol. The van der Waals surface area contributed by atoms with Crippen LogP contribution in [0.3, 0.4) is 0 Å². The van der Waals surface area contributed by atoms with Gasteiger partial charge >= 0.3 is 5.97 Å². The van der Waals surface area contributed by atoms with Crippen molar-refractivity contribution in [2.45, 2.75) is 37.8 Å². The van der Waals surface area contributed by atoms with Crippen molar-refractivity contribution < 1.29 is 9.53 Å². The standard InChI is InChI=1S/C8H13NO2/c10-8(11-6-3-4-6)7-2-1-5-9-7/h6-7,9H,1-5H2/t7-/m0/s1. The van der Waals surface area contributed by atoms with Crippen LogP contribution in [0.1, 0.15) is 25.7 Å². The van der Waals surface area contributed by atoms with E-state index in [4.69, 9.17) is 4.74 Å². The summed E-state index contributed by atoms with van der Waals surface area (Å²) in [6.07, 6.45) is 4.44. The fraction of sp³-hybridized carbons (Fsp3) is 0.875. The maximum absolute atomic E-state index is 11.2. The van der Waals surface area contributed by atoms with Crippen LogP contribution >= 0.6 is 0 Å². The minimum atomic E-state index is -0.0370. The fourth-order valence-corrected chi connectivity index (χ4v) is 1.32. The van der Waals surface area contributed by atoms with Gasteiger partial charge in [-0.25, -0.2) is 0 Å². The highest BCUT2D eigenvalue weighted by Gasteiger charge is 2.30. The predicted molar refractivity (Wildman–Crippen MR) is 40.1 cm³/mol. The summed E-state index contributed by atoms with van der Waals surface area (Å²) in [6, 6.07) is -0.00407. The first-order valence-corrected chi connectivity index (χ1v) is 4.30. The molecule has 0 unspecified atom stereocenters. The third-order valence-corrected chi connectivity index (χ3v) is 2.15. The van der Waals surface area contributed by atoms with Gasteiger partial charge in [0.2, 0.25) is 0 Å². The lowest BCUT2D eigenvalue weighted by molar-refractivity contribution is -0.146. The molecule has 11 heavy (non-hydrogen) atoms. The molecule has 2 fully saturated rings. The molecule has 2 rings (SSSR count). The van der Waals surface area contributed by atoms with Crippen LogP contribution in [0.2, 0.25) is 0 Å². The van der Waals surface area contributed by atoms with Crippen molar-refractivity contribution in [1.82, 2.24) is 5.32 Å². The molecule has 0 amide bonds. The van der Waals surface area contributed by atoms with Gasteiger partial charge in [0.05, 0.1) is 0 Å². The second-order valence-corrected chi connectivity index (χ2v) is 3.29. The highest BCUT2D eigenvalue weighted by Crippen LogP contribution is 2.24. The Morgan fingerprint density at radius 3 is 2.73 bits per heavy atom. The molecule has 1 N–H and O–H groups in total. The van der Waals surface area contributed by atoms with Crippen molar-refractivity contribution in [2.75, 3.05) is 6.54 Å². The van der Waals surface area contributed by atoms with Gasteiger partial charge in [-0.1, -0.05) is 0 Å². The summed E-state index contributed by atoms with van der Waals surface area (Å²) in [6.45, 7) is 0.963. The number of esters is 1. The Kier molecular flexibility index (Phi) is 1.82. The molecule has 0 aromatic rings. The maximum atomic E-state index is 11.2. The zero-order chi connectivity index (χ0) is 7.68. The van der Waals surface area contributed by atoms with E-state index < -0.39 is 0 Å². The fourth-order valence-electron chi connectivity index (χ4n) is 1.32. The largest absolute Gasteiger partial charge is 0.461 e. The van der Waals surface area contributed by atoms with Gasteiger partial charge in [0.15, 0.2) is 0 Å². The molecule has 62 valence electrons. The Balaban J connectivity index is 1.77. The smallest absolute Gasteiger partial charge is 0.323 e. The van der Waals surface area contributed by atoms with E-state index in [0.717, 1.165) is 32.2 Å². The lowest BCUT2D eigenvalue weighted by atomic mass is 10.2. The lowest BCUT2D eigenvalue weighted by Gasteiger charge is -2.08. The Labute approximate surface area is 66.1 Å². The topological polar surface area (TPSA) is 38.3 Å². The molecule has 0 radical (unpaired) electrons. The van der Waals surface area contributed by atoms with Crippen molar-refractivity contribution in [1.29, 1.82) is 0 Å². The molecule has 0 spiro atoms.